The van der Waals surface area contributed by atoms with E-state index in [4.69, 9.17) is 0 Å². The fraction of sp³-hybridized carbons (Fsp3) is 0.304. The molecule has 2 aromatic rings. The van der Waals surface area contributed by atoms with E-state index in [0.29, 0.717) is 0 Å². The van der Waals surface area contributed by atoms with Gasteiger partial charge in [0.15, 0.2) is 0 Å². The van der Waals surface area contributed by atoms with Crippen LogP contribution in [0.3, 0.4) is 0 Å². The predicted molar refractivity (Wildman–Crippen MR) is 116 cm³/mol. The molecule has 2 aromatic carbocycles. The smallest absolute Gasteiger partial charge is 0.232 e. The lowest BCUT2D eigenvalue weighted by molar-refractivity contribution is 0.415. The third-order valence-electron chi connectivity index (χ3n) is 5.01. The normalized spacial score (nSPS) is 17.0. The molecule has 3 unspecified atom stereocenters. The Balaban J connectivity index is 1.73. The van der Waals surface area contributed by atoms with Gasteiger partial charge in [-0.2, -0.15) is 0 Å². The molecule has 0 amide bonds. The monoisotopic (exact) mass is 396 g/mol. The Bertz CT molecular complexity index is 806. The molecular formula is C23H28N2O2S. The van der Waals surface area contributed by atoms with Gasteiger partial charge in [-0.05, 0) is 43.4 Å². The van der Waals surface area contributed by atoms with E-state index in [2.05, 4.69) is 40.4 Å². The molecule has 3 rings (SSSR count). The van der Waals surface area contributed by atoms with Gasteiger partial charge in [-0.15, -0.1) is 0 Å². The molecule has 148 valence electrons. The Morgan fingerprint density at radius 3 is 2.14 bits per heavy atom. The molecule has 0 spiro atoms. The van der Waals surface area contributed by atoms with Crippen molar-refractivity contribution in [2.75, 3.05) is 6.54 Å². The van der Waals surface area contributed by atoms with Crippen molar-refractivity contribution in [2.24, 2.45) is 0 Å². The quantitative estimate of drug-likeness (QED) is 0.306. The zero-order chi connectivity index (χ0) is 19.6. The summed E-state index contributed by atoms with van der Waals surface area (Å²) in [7, 11) is 0. The molecule has 1 aliphatic carbocycles. The molecule has 5 heteroatoms. The molecule has 0 bridgehead atoms. The van der Waals surface area contributed by atoms with E-state index in [1.807, 2.05) is 48.5 Å². The van der Waals surface area contributed by atoms with Crippen LogP contribution in [0.25, 0.3) is 0 Å². The van der Waals surface area contributed by atoms with Gasteiger partial charge in [0.1, 0.15) is 0 Å². The van der Waals surface area contributed by atoms with Crippen molar-refractivity contribution >= 4 is 11.3 Å². The van der Waals surface area contributed by atoms with Gasteiger partial charge in [0.05, 0.1) is 12.1 Å². The van der Waals surface area contributed by atoms with Gasteiger partial charge in [-0.1, -0.05) is 84.5 Å². The summed E-state index contributed by atoms with van der Waals surface area (Å²) in [6.07, 6.45) is 11.0. The molecule has 3 atom stereocenters. The van der Waals surface area contributed by atoms with Crippen molar-refractivity contribution in [2.45, 2.75) is 37.8 Å². The maximum Gasteiger partial charge on any atom is 0.232 e. The fourth-order valence-electron chi connectivity index (χ4n) is 3.61. The summed E-state index contributed by atoms with van der Waals surface area (Å²) in [5, 5.41) is 3.63. The van der Waals surface area contributed by atoms with Crippen LogP contribution < -0.4 is 10.0 Å². The Labute approximate surface area is 170 Å². The van der Waals surface area contributed by atoms with Gasteiger partial charge in [-0.25, -0.2) is 8.93 Å². The average molecular weight is 397 g/mol. The van der Waals surface area contributed by atoms with Crippen molar-refractivity contribution < 1.29 is 8.76 Å². The van der Waals surface area contributed by atoms with Gasteiger partial charge in [-0.3, -0.25) is 4.55 Å². The highest BCUT2D eigenvalue weighted by molar-refractivity contribution is 7.77. The standard InChI is InChI=1S/C23H28N2O2S/c26-28(27)25-23(21-16-8-3-9-17-21)22(20-14-6-2-7-15-20)24-18-10-13-19-11-4-1-5-12-19/h1-4,6-9,12,14-17,22-25H,5,10-11,13,18H2,(H,26,27). The first kappa shape index (κ1) is 20.7. The number of hydrogen-bond acceptors (Lipinski definition) is 2. The first-order valence-corrected chi connectivity index (χ1v) is 10.9. The zero-order valence-corrected chi connectivity index (χ0v) is 16.8. The second-order valence-electron chi connectivity index (χ2n) is 6.97. The van der Waals surface area contributed by atoms with E-state index in [1.165, 1.54) is 5.57 Å². The van der Waals surface area contributed by atoms with Crippen molar-refractivity contribution in [3.05, 3.63) is 95.6 Å². The number of hydrogen-bond donors (Lipinski definition) is 3. The molecule has 28 heavy (non-hydrogen) atoms. The molecule has 4 nitrogen and oxygen atoms in total. The number of rotatable bonds is 10. The van der Waals surface area contributed by atoms with Crippen molar-refractivity contribution in [3.8, 4) is 0 Å². The molecule has 0 aliphatic heterocycles. The summed E-state index contributed by atoms with van der Waals surface area (Å²) in [6, 6.07) is 19.5. The highest BCUT2D eigenvalue weighted by atomic mass is 32.2. The maximum atomic E-state index is 11.6. The molecule has 0 saturated carbocycles. The highest BCUT2D eigenvalue weighted by Crippen LogP contribution is 2.29. The Morgan fingerprint density at radius 2 is 1.57 bits per heavy atom. The van der Waals surface area contributed by atoms with Crippen LogP contribution in [0.4, 0.5) is 0 Å². The first-order valence-electron chi connectivity index (χ1n) is 9.77. The Morgan fingerprint density at radius 1 is 0.929 bits per heavy atom. The van der Waals surface area contributed by atoms with E-state index >= 15 is 0 Å². The van der Waals surface area contributed by atoms with Gasteiger partial charge in [0, 0.05) is 0 Å². The predicted octanol–water partition coefficient (Wildman–Crippen LogP) is 4.84. The molecule has 0 fully saturated rings. The van der Waals surface area contributed by atoms with Crippen molar-refractivity contribution in [1.82, 2.24) is 10.0 Å². The Kier molecular flexibility index (Phi) is 8.18. The van der Waals surface area contributed by atoms with Crippen LogP contribution in [-0.4, -0.2) is 15.3 Å². The molecule has 0 saturated heterocycles. The van der Waals surface area contributed by atoms with Gasteiger partial charge in [0.2, 0.25) is 11.3 Å². The summed E-state index contributed by atoms with van der Waals surface area (Å²) >= 11 is -2.11. The number of nitrogens with one attached hydrogen (secondary N) is 2. The molecule has 0 radical (unpaired) electrons. The van der Waals surface area contributed by atoms with Gasteiger partial charge >= 0.3 is 0 Å². The molecule has 1 aliphatic rings. The number of benzene rings is 2. The third-order valence-corrected chi connectivity index (χ3v) is 5.46. The average Bonchev–Trinajstić information content (AvgIpc) is 2.74. The van der Waals surface area contributed by atoms with Crippen LogP contribution in [0.5, 0.6) is 0 Å². The van der Waals surface area contributed by atoms with Crippen molar-refractivity contribution in [1.29, 1.82) is 0 Å². The minimum atomic E-state index is -2.11. The van der Waals surface area contributed by atoms with E-state index in [-0.39, 0.29) is 12.1 Å². The molecule has 0 aromatic heterocycles. The highest BCUT2D eigenvalue weighted by Gasteiger charge is 2.25. The van der Waals surface area contributed by atoms with Crippen molar-refractivity contribution in [3.63, 3.8) is 0 Å². The largest absolute Gasteiger partial charge is 0.308 e. The van der Waals surface area contributed by atoms with E-state index in [0.717, 1.165) is 43.4 Å². The summed E-state index contributed by atoms with van der Waals surface area (Å²) in [6.45, 7) is 0.837. The molecule has 0 heterocycles. The second-order valence-corrected chi connectivity index (χ2v) is 7.71. The lowest BCUT2D eigenvalue weighted by Gasteiger charge is -2.29. The molecule has 3 N–H and O–H groups in total. The summed E-state index contributed by atoms with van der Waals surface area (Å²) in [5.74, 6) is 0. The fourth-order valence-corrected chi connectivity index (χ4v) is 4.10. The van der Waals surface area contributed by atoms with Crippen LogP contribution in [0.1, 0.15) is 48.9 Å². The van der Waals surface area contributed by atoms with E-state index in [1.54, 1.807) is 0 Å². The van der Waals surface area contributed by atoms with Gasteiger partial charge in [0.25, 0.3) is 0 Å². The van der Waals surface area contributed by atoms with Crippen LogP contribution in [0.15, 0.2) is 84.5 Å². The minimum absolute atomic E-state index is 0.111. The van der Waals surface area contributed by atoms with Crippen LogP contribution >= 0.6 is 0 Å². The summed E-state index contributed by atoms with van der Waals surface area (Å²) in [5.41, 5.74) is 3.57. The summed E-state index contributed by atoms with van der Waals surface area (Å²) in [4.78, 5) is 0. The Hall–Kier alpha value is -2.05. The van der Waals surface area contributed by atoms with Crippen LogP contribution in [0.2, 0.25) is 0 Å². The summed E-state index contributed by atoms with van der Waals surface area (Å²) < 4.78 is 24.0. The van der Waals surface area contributed by atoms with Gasteiger partial charge < -0.3 is 5.32 Å². The van der Waals surface area contributed by atoms with E-state index < -0.39 is 11.3 Å². The number of allylic oxidation sites excluding steroid dienone is 4. The van der Waals surface area contributed by atoms with Crippen LogP contribution in [-0.2, 0) is 11.3 Å². The van der Waals surface area contributed by atoms with Crippen LogP contribution in [0, 0.1) is 0 Å². The first-order chi connectivity index (χ1) is 13.7. The molecular weight excluding hydrogens is 368 g/mol. The third kappa shape index (κ3) is 6.24. The lowest BCUT2D eigenvalue weighted by Crippen LogP contribution is -2.36. The SMILES string of the molecule is O=S(O)NC(c1ccccc1)C(NCCCC1=CCC=CC1)c1ccccc1. The minimum Gasteiger partial charge on any atom is -0.308 e. The lowest BCUT2D eigenvalue weighted by atomic mass is 9.93. The second kappa shape index (κ2) is 11.1. The topological polar surface area (TPSA) is 61.4 Å². The van der Waals surface area contributed by atoms with E-state index in [9.17, 15) is 8.76 Å². The zero-order valence-electron chi connectivity index (χ0n) is 16.0. The maximum absolute atomic E-state index is 11.6.